The van der Waals surface area contributed by atoms with Crippen molar-refractivity contribution in [2.24, 2.45) is 0 Å². The summed E-state index contributed by atoms with van der Waals surface area (Å²) < 4.78 is 11.0. The van der Waals surface area contributed by atoms with Crippen molar-refractivity contribution in [1.82, 2.24) is 10.2 Å². The number of rotatable bonds is 10. The lowest BCUT2D eigenvalue weighted by Crippen LogP contribution is -2.21. The molecule has 0 unspecified atom stereocenters. The second-order valence-electron chi connectivity index (χ2n) is 8.21. The first-order chi connectivity index (χ1) is 16.7. The summed E-state index contributed by atoms with van der Waals surface area (Å²) in [4.78, 5) is 35.8. The molecule has 3 rings (SSSR count). The van der Waals surface area contributed by atoms with Crippen LogP contribution in [0.5, 0.6) is 11.5 Å². The van der Waals surface area contributed by atoms with E-state index in [9.17, 15) is 14.4 Å². The molecule has 0 aliphatic rings. The number of carbonyl (C=O) groups is 3. The minimum absolute atomic E-state index is 0.0833. The minimum Gasteiger partial charge on any atom is -0.457 e. The molecule has 0 saturated carbocycles. The van der Waals surface area contributed by atoms with Crippen molar-refractivity contribution < 1.29 is 23.9 Å². The van der Waals surface area contributed by atoms with Gasteiger partial charge < -0.3 is 20.1 Å². The van der Waals surface area contributed by atoms with E-state index in [0.29, 0.717) is 22.5 Å². The molecule has 10 heteroatoms. The summed E-state index contributed by atoms with van der Waals surface area (Å²) in [6.45, 7) is 7.55. The van der Waals surface area contributed by atoms with Crippen LogP contribution in [0, 0.1) is 13.8 Å². The lowest BCUT2D eigenvalue weighted by atomic mass is 10.0. The number of carbonyl (C=O) groups excluding carboxylic acids is 3. The molecule has 0 radical (unpaired) electrons. The molecule has 1 heterocycles. The summed E-state index contributed by atoms with van der Waals surface area (Å²) >= 11 is 1.24. The van der Waals surface area contributed by atoms with Gasteiger partial charge in [0.2, 0.25) is 11.0 Å². The number of benzene rings is 2. The minimum atomic E-state index is -0.647. The van der Waals surface area contributed by atoms with Crippen LogP contribution in [-0.2, 0) is 19.1 Å². The Hall–Kier alpha value is -3.79. The smallest absolute Gasteiger partial charge is 0.306 e. The van der Waals surface area contributed by atoms with Crippen molar-refractivity contribution in [2.45, 2.75) is 46.5 Å². The van der Waals surface area contributed by atoms with Gasteiger partial charge in [0.1, 0.15) is 16.5 Å². The molecule has 0 fully saturated rings. The molecule has 2 amide bonds. The topological polar surface area (TPSA) is 120 Å². The Morgan fingerprint density at radius 1 is 0.943 bits per heavy atom. The van der Waals surface area contributed by atoms with Crippen LogP contribution in [0.15, 0.2) is 42.5 Å². The van der Waals surface area contributed by atoms with Gasteiger partial charge in [-0.05, 0) is 61.2 Å². The number of anilines is 2. The molecule has 0 atom stereocenters. The number of hydrogen-bond donors (Lipinski definition) is 2. The van der Waals surface area contributed by atoms with Gasteiger partial charge in [-0.25, -0.2) is 0 Å². The zero-order valence-electron chi connectivity index (χ0n) is 20.1. The van der Waals surface area contributed by atoms with E-state index in [1.165, 1.54) is 11.3 Å². The van der Waals surface area contributed by atoms with Gasteiger partial charge in [-0.2, -0.15) is 0 Å². The third-order valence-corrected chi connectivity index (χ3v) is 5.60. The maximum Gasteiger partial charge on any atom is 0.306 e. The molecule has 35 heavy (non-hydrogen) atoms. The summed E-state index contributed by atoms with van der Waals surface area (Å²) in [6.07, 6.45) is -0.236. The molecule has 3 aromatic rings. The molecular formula is C25H28N4O5S. The van der Waals surface area contributed by atoms with Crippen molar-refractivity contribution in [3.8, 4) is 11.5 Å². The molecule has 184 valence electrons. The number of aryl methyl sites for hydroxylation is 2. The van der Waals surface area contributed by atoms with Gasteiger partial charge in [-0.3, -0.25) is 14.4 Å². The Balaban J connectivity index is 1.42. The summed E-state index contributed by atoms with van der Waals surface area (Å²) in [5.74, 6) is 0.254. The molecule has 0 spiro atoms. The second kappa shape index (κ2) is 12.1. The van der Waals surface area contributed by atoms with Crippen molar-refractivity contribution in [2.75, 3.05) is 17.2 Å². The summed E-state index contributed by atoms with van der Waals surface area (Å²) in [5, 5.41) is 13.9. The average Bonchev–Trinajstić information content (AvgIpc) is 3.21. The number of nitrogens with one attached hydrogen (secondary N) is 2. The number of aromatic nitrogens is 2. The van der Waals surface area contributed by atoms with Crippen LogP contribution in [-0.4, -0.2) is 34.6 Å². The normalized spacial score (nSPS) is 10.7. The van der Waals surface area contributed by atoms with E-state index in [2.05, 4.69) is 46.8 Å². The van der Waals surface area contributed by atoms with Crippen LogP contribution in [0.2, 0.25) is 0 Å². The van der Waals surface area contributed by atoms with Gasteiger partial charge >= 0.3 is 5.97 Å². The van der Waals surface area contributed by atoms with E-state index in [-0.39, 0.29) is 18.7 Å². The Morgan fingerprint density at radius 2 is 1.69 bits per heavy atom. The highest BCUT2D eigenvalue weighted by Gasteiger charge is 2.13. The second-order valence-corrected chi connectivity index (χ2v) is 9.39. The van der Waals surface area contributed by atoms with Gasteiger partial charge in [0.15, 0.2) is 6.61 Å². The van der Waals surface area contributed by atoms with Gasteiger partial charge in [0.05, 0.1) is 6.42 Å². The fourth-order valence-corrected chi connectivity index (χ4v) is 3.71. The predicted molar refractivity (Wildman–Crippen MR) is 134 cm³/mol. The zero-order chi connectivity index (χ0) is 25.4. The summed E-state index contributed by atoms with van der Waals surface area (Å²) in [7, 11) is 0. The van der Waals surface area contributed by atoms with E-state index in [1.54, 1.807) is 31.2 Å². The Bertz CT molecular complexity index is 1190. The molecule has 2 N–H and O–H groups in total. The van der Waals surface area contributed by atoms with Crippen molar-refractivity contribution >= 4 is 39.9 Å². The Labute approximate surface area is 207 Å². The van der Waals surface area contributed by atoms with E-state index in [0.717, 1.165) is 21.9 Å². The highest BCUT2D eigenvalue weighted by atomic mass is 32.1. The van der Waals surface area contributed by atoms with E-state index in [4.69, 9.17) is 9.47 Å². The number of ether oxygens (including phenoxy) is 2. The highest BCUT2D eigenvalue weighted by Crippen LogP contribution is 2.32. The lowest BCUT2D eigenvalue weighted by Gasteiger charge is -2.15. The molecule has 9 nitrogen and oxygen atoms in total. The Kier molecular flexibility index (Phi) is 8.91. The van der Waals surface area contributed by atoms with Crippen LogP contribution in [0.25, 0.3) is 0 Å². The SMILES string of the molecule is Cc1ccc(C(C)C)c(Oc2ccc(NC(=O)COC(=O)CCC(=O)Nc3nnc(C)s3)cc2)c1. The predicted octanol–water partition coefficient (Wildman–Crippen LogP) is 4.97. The van der Waals surface area contributed by atoms with Crippen LogP contribution in [0.4, 0.5) is 10.8 Å². The fourth-order valence-electron chi connectivity index (χ4n) is 3.10. The largest absolute Gasteiger partial charge is 0.457 e. The standard InChI is InChI=1S/C25H28N4O5S/c1-15(2)20-10-5-16(3)13-21(20)34-19-8-6-18(7-9-19)26-23(31)14-33-24(32)12-11-22(30)27-25-29-28-17(4)35-25/h5-10,13,15H,11-12,14H2,1-4H3,(H,26,31)(H,27,29,30). The monoisotopic (exact) mass is 496 g/mol. The summed E-state index contributed by atoms with van der Waals surface area (Å²) in [6, 6.07) is 13.1. The van der Waals surface area contributed by atoms with Crippen LogP contribution in [0.1, 0.15) is 48.7 Å². The zero-order valence-corrected chi connectivity index (χ0v) is 20.9. The molecule has 0 aliphatic carbocycles. The first kappa shape index (κ1) is 25.8. The van der Waals surface area contributed by atoms with Crippen LogP contribution >= 0.6 is 11.3 Å². The number of esters is 1. The lowest BCUT2D eigenvalue weighted by molar-refractivity contribution is -0.147. The number of nitrogens with zero attached hydrogens (tertiary/aromatic N) is 2. The van der Waals surface area contributed by atoms with Gasteiger partial charge in [-0.1, -0.05) is 37.3 Å². The van der Waals surface area contributed by atoms with E-state index >= 15 is 0 Å². The van der Waals surface area contributed by atoms with E-state index < -0.39 is 18.5 Å². The fraction of sp³-hybridized carbons (Fsp3) is 0.320. The maximum absolute atomic E-state index is 12.1. The quantitative estimate of drug-likeness (QED) is 0.380. The van der Waals surface area contributed by atoms with Gasteiger partial charge in [0, 0.05) is 12.1 Å². The van der Waals surface area contributed by atoms with Gasteiger partial charge in [0.25, 0.3) is 5.91 Å². The highest BCUT2D eigenvalue weighted by molar-refractivity contribution is 7.15. The molecule has 0 bridgehead atoms. The molecule has 0 saturated heterocycles. The molecule has 2 aromatic carbocycles. The third kappa shape index (κ3) is 8.18. The molecule has 0 aliphatic heterocycles. The number of amides is 2. The molecular weight excluding hydrogens is 468 g/mol. The van der Waals surface area contributed by atoms with Crippen molar-refractivity contribution in [1.29, 1.82) is 0 Å². The maximum atomic E-state index is 12.1. The first-order valence-electron chi connectivity index (χ1n) is 11.1. The Morgan fingerprint density at radius 3 is 2.34 bits per heavy atom. The summed E-state index contributed by atoms with van der Waals surface area (Å²) in [5.41, 5.74) is 2.76. The van der Waals surface area contributed by atoms with Crippen LogP contribution < -0.4 is 15.4 Å². The van der Waals surface area contributed by atoms with Gasteiger partial charge in [-0.15, -0.1) is 10.2 Å². The number of hydrogen-bond acceptors (Lipinski definition) is 8. The van der Waals surface area contributed by atoms with E-state index in [1.807, 2.05) is 13.0 Å². The van der Waals surface area contributed by atoms with Crippen LogP contribution in [0.3, 0.4) is 0 Å². The third-order valence-electron chi connectivity index (χ3n) is 4.85. The molecule has 1 aromatic heterocycles. The van der Waals surface area contributed by atoms with Crippen molar-refractivity contribution in [3.05, 3.63) is 58.6 Å². The first-order valence-corrected chi connectivity index (χ1v) is 11.9. The average molecular weight is 497 g/mol. The van der Waals surface area contributed by atoms with Crippen molar-refractivity contribution in [3.63, 3.8) is 0 Å².